The minimum Gasteiger partial charge on any atom is -0.480 e. The van der Waals surface area contributed by atoms with Crippen LogP contribution in [-0.4, -0.2) is 77.2 Å². The molecule has 4 atom stereocenters. The van der Waals surface area contributed by atoms with E-state index in [2.05, 4.69) is 20.9 Å². The largest absolute Gasteiger partial charge is 0.480 e. The van der Waals surface area contributed by atoms with Crippen LogP contribution in [0.4, 0.5) is 0 Å². The molecule has 0 aliphatic heterocycles. The predicted molar refractivity (Wildman–Crippen MR) is 123 cm³/mol. The Labute approximate surface area is 193 Å². The molecule has 33 heavy (non-hydrogen) atoms. The Morgan fingerprint density at radius 1 is 0.909 bits per heavy atom. The van der Waals surface area contributed by atoms with Crippen LogP contribution in [0.5, 0.6) is 0 Å². The highest BCUT2D eigenvalue weighted by Gasteiger charge is 2.31. The monoisotopic (exact) mass is 473 g/mol. The SMILES string of the molecule is CC(C)CC(NC(=O)C(N)CCCN=C(N)N)C(=O)NC(CO)C(=O)NC(C(=O)O)C(C)C. The lowest BCUT2D eigenvalue weighted by Crippen LogP contribution is -2.58. The Morgan fingerprint density at radius 2 is 1.45 bits per heavy atom. The Kier molecular flexibility index (Phi) is 13.7. The molecular weight excluding hydrogens is 434 g/mol. The topological polar surface area (TPSA) is 235 Å². The van der Waals surface area contributed by atoms with Gasteiger partial charge in [0.05, 0.1) is 12.6 Å². The van der Waals surface area contributed by atoms with Crippen LogP contribution < -0.4 is 33.2 Å². The summed E-state index contributed by atoms with van der Waals surface area (Å²) in [6.45, 7) is 6.46. The first-order valence-electron chi connectivity index (χ1n) is 10.9. The van der Waals surface area contributed by atoms with Crippen LogP contribution in [0, 0.1) is 11.8 Å². The van der Waals surface area contributed by atoms with Gasteiger partial charge in [-0.1, -0.05) is 27.7 Å². The molecule has 13 heteroatoms. The summed E-state index contributed by atoms with van der Waals surface area (Å²) >= 11 is 0. The molecular formula is C20H39N7O6. The van der Waals surface area contributed by atoms with Crippen molar-refractivity contribution >= 4 is 29.7 Å². The van der Waals surface area contributed by atoms with Gasteiger partial charge in [-0.3, -0.25) is 19.4 Å². The van der Waals surface area contributed by atoms with Crippen LogP contribution >= 0.6 is 0 Å². The van der Waals surface area contributed by atoms with Crippen LogP contribution in [0.15, 0.2) is 4.99 Å². The molecule has 0 aromatic heterocycles. The zero-order chi connectivity index (χ0) is 25.7. The molecule has 0 rings (SSSR count). The number of carboxylic acid groups (broad SMARTS) is 1. The summed E-state index contributed by atoms with van der Waals surface area (Å²) in [5, 5.41) is 26.0. The second-order valence-electron chi connectivity index (χ2n) is 8.56. The average Bonchev–Trinajstić information content (AvgIpc) is 2.71. The normalized spacial score (nSPS) is 14.7. The summed E-state index contributed by atoms with van der Waals surface area (Å²) in [6, 6.07) is -4.49. The van der Waals surface area contributed by atoms with Gasteiger partial charge in [0.15, 0.2) is 5.96 Å². The van der Waals surface area contributed by atoms with Gasteiger partial charge in [0.25, 0.3) is 0 Å². The highest BCUT2D eigenvalue weighted by atomic mass is 16.4. The zero-order valence-electron chi connectivity index (χ0n) is 19.7. The number of aliphatic hydroxyl groups excluding tert-OH is 1. The van der Waals surface area contributed by atoms with Crippen molar-refractivity contribution in [2.45, 2.75) is 71.1 Å². The number of hydrogen-bond acceptors (Lipinski definition) is 7. The zero-order valence-corrected chi connectivity index (χ0v) is 19.7. The standard InChI is InChI=1S/C20H39N7O6/c1-10(2)8-13(25-16(29)12(21)6-5-7-24-20(22)23)17(30)26-14(9-28)18(31)27-15(11(3)4)19(32)33/h10-15,28H,5-9,21H2,1-4H3,(H,25,29)(H,26,30)(H,27,31)(H,32,33)(H4,22,23,24). The molecule has 0 aliphatic rings. The van der Waals surface area contributed by atoms with Crippen molar-refractivity contribution in [2.75, 3.05) is 13.2 Å². The fourth-order valence-electron chi connectivity index (χ4n) is 2.87. The number of nitrogens with one attached hydrogen (secondary N) is 3. The van der Waals surface area contributed by atoms with E-state index in [1.807, 2.05) is 13.8 Å². The molecule has 0 aliphatic carbocycles. The molecule has 0 spiro atoms. The van der Waals surface area contributed by atoms with Crippen molar-refractivity contribution < 1.29 is 29.4 Å². The number of carboxylic acids is 1. The average molecular weight is 474 g/mol. The van der Waals surface area contributed by atoms with E-state index in [0.29, 0.717) is 13.0 Å². The number of rotatable bonds is 15. The highest BCUT2D eigenvalue weighted by Crippen LogP contribution is 2.07. The smallest absolute Gasteiger partial charge is 0.326 e. The van der Waals surface area contributed by atoms with Gasteiger partial charge in [-0.25, -0.2) is 4.79 Å². The molecule has 190 valence electrons. The summed E-state index contributed by atoms with van der Waals surface area (Å²) in [5.41, 5.74) is 16.4. The van der Waals surface area contributed by atoms with Crippen molar-refractivity contribution in [1.82, 2.24) is 16.0 Å². The number of guanidine groups is 1. The molecule has 0 heterocycles. The van der Waals surface area contributed by atoms with Crippen molar-refractivity contribution in [3.63, 3.8) is 0 Å². The number of nitrogens with zero attached hydrogens (tertiary/aromatic N) is 1. The van der Waals surface area contributed by atoms with Gasteiger partial charge in [-0.15, -0.1) is 0 Å². The van der Waals surface area contributed by atoms with Crippen molar-refractivity contribution in [3.8, 4) is 0 Å². The number of nitrogens with two attached hydrogens (primary N) is 3. The minimum absolute atomic E-state index is 0.0119. The third kappa shape index (κ3) is 12.0. The molecule has 3 amide bonds. The van der Waals surface area contributed by atoms with Crippen molar-refractivity contribution in [3.05, 3.63) is 0 Å². The molecule has 0 fully saturated rings. The van der Waals surface area contributed by atoms with E-state index in [1.165, 1.54) is 0 Å². The Morgan fingerprint density at radius 3 is 1.91 bits per heavy atom. The number of carbonyl (C=O) groups is 4. The third-order valence-corrected chi connectivity index (χ3v) is 4.69. The molecule has 13 nitrogen and oxygen atoms in total. The van der Waals surface area contributed by atoms with Crippen molar-refractivity contribution in [1.29, 1.82) is 0 Å². The summed E-state index contributed by atoms with van der Waals surface area (Å²) in [6.07, 6.45) is 0.995. The lowest BCUT2D eigenvalue weighted by molar-refractivity contribution is -0.143. The quantitative estimate of drug-likeness (QED) is 0.0717. The maximum absolute atomic E-state index is 12.8. The van der Waals surface area contributed by atoms with Crippen molar-refractivity contribution in [2.24, 2.45) is 34.0 Å². The highest BCUT2D eigenvalue weighted by molar-refractivity contribution is 5.94. The van der Waals surface area contributed by atoms with E-state index >= 15 is 0 Å². The van der Waals surface area contributed by atoms with E-state index in [4.69, 9.17) is 17.2 Å². The van der Waals surface area contributed by atoms with Gasteiger partial charge in [-0.2, -0.15) is 0 Å². The maximum atomic E-state index is 12.8. The Balaban J connectivity index is 5.14. The number of aliphatic carboxylic acids is 1. The first kappa shape index (κ1) is 30.1. The van der Waals surface area contributed by atoms with Gasteiger partial charge in [-0.05, 0) is 31.1 Å². The summed E-state index contributed by atoms with van der Waals surface area (Å²) in [4.78, 5) is 52.8. The van der Waals surface area contributed by atoms with Gasteiger partial charge in [0, 0.05) is 6.54 Å². The summed E-state index contributed by atoms with van der Waals surface area (Å²) in [5.74, 6) is -3.81. The predicted octanol–water partition coefficient (Wildman–Crippen LogP) is -2.40. The molecule has 4 unspecified atom stereocenters. The lowest BCUT2D eigenvalue weighted by atomic mass is 10.0. The molecule has 0 radical (unpaired) electrons. The van der Waals surface area contributed by atoms with E-state index in [0.717, 1.165) is 0 Å². The Bertz CT molecular complexity index is 694. The van der Waals surface area contributed by atoms with E-state index in [-0.39, 0.29) is 24.7 Å². The molecule has 0 aromatic carbocycles. The fraction of sp³-hybridized carbons (Fsp3) is 0.750. The van der Waals surface area contributed by atoms with Crippen LogP contribution in [-0.2, 0) is 19.2 Å². The Hall–Kier alpha value is -2.93. The van der Waals surface area contributed by atoms with E-state index in [9.17, 15) is 29.4 Å². The molecule has 11 N–H and O–H groups in total. The minimum atomic E-state index is -1.39. The van der Waals surface area contributed by atoms with E-state index in [1.54, 1.807) is 13.8 Å². The number of hydrogen-bond donors (Lipinski definition) is 8. The van der Waals surface area contributed by atoms with E-state index < -0.39 is 60.4 Å². The van der Waals surface area contributed by atoms with Crippen LogP contribution in [0.2, 0.25) is 0 Å². The van der Waals surface area contributed by atoms with Gasteiger partial charge in [0.1, 0.15) is 18.1 Å². The van der Waals surface area contributed by atoms with Gasteiger partial charge >= 0.3 is 5.97 Å². The number of aliphatic imine (C=N–C) groups is 1. The van der Waals surface area contributed by atoms with Crippen LogP contribution in [0.25, 0.3) is 0 Å². The first-order valence-corrected chi connectivity index (χ1v) is 10.9. The third-order valence-electron chi connectivity index (χ3n) is 4.69. The summed E-state index contributed by atoms with van der Waals surface area (Å²) < 4.78 is 0. The summed E-state index contributed by atoms with van der Waals surface area (Å²) in [7, 11) is 0. The van der Waals surface area contributed by atoms with Crippen LogP contribution in [0.3, 0.4) is 0 Å². The number of aliphatic hydroxyl groups is 1. The number of amides is 3. The molecule has 0 saturated heterocycles. The number of carbonyl (C=O) groups excluding carboxylic acids is 3. The molecule has 0 aromatic rings. The van der Waals surface area contributed by atoms with Gasteiger partial charge in [0.2, 0.25) is 17.7 Å². The van der Waals surface area contributed by atoms with Crippen LogP contribution in [0.1, 0.15) is 47.0 Å². The first-order chi connectivity index (χ1) is 15.3. The molecule has 0 bridgehead atoms. The second kappa shape index (κ2) is 15.0. The van der Waals surface area contributed by atoms with Gasteiger partial charge < -0.3 is 43.4 Å². The fourth-order valence-corrected chi connectivity index (χ4v) is 2.87. The molecule has 0 saturated carbocycles. The lowest BCUT2D eigenvalue weighted by Gasteiger charge is -2.26. The maximum Gasteiger partial charge on any atom is 0.326 e. The second-order valence-corrected chi connectivity index (χ2v) is 8.56.